The van der Waals surface area contributed by atoms with E-state index in [2.05, 4.69) is 20.1 Å². The number of hydrogen-bond donors (Lipinski definition) is 1. The molecule has 1 N–H and O–H groups in total. The molecule has 0 radical (unpaired) electrons. The van der Waals surface area contributed by atoms with Crippen LogP contribution in [0.15, 0.2) is 33.5 Å². The lowest BCUT2D eigenvalue weighted by Crippen LogP contribution is -2.23. The number of nitrogens with one attached hydrogen (secondary N) is 1. The van der Waals surface area contributed by atoms with E-state index in [0.29, 0.717) is 12.3 Å². The number of carbonyl (C=O) groups excluding carboxylic acids is 1. The van der Waals surface area contributed by atoms with Crippen molar-refractivity contribution in [1.29, 1.82) is 0 Å². The van der Waals surface area contributed by atoms with Crippen LogP contribution in [0.4, 0.5) is 0 Å². The van der Waals surface area contributed by atoms with Gasteiger partial charge in [0, 0.05) is 11.4 Å². The van der Waals surface area contributed by atoms with Crippen LogP contribution < -0.4 is 5.32 Å². The van der Waals surface area contributed by atoms with Gasteiger partial charge in [0.2, 0.25) is 0 Å². The van der Waals surface area contributed by atoms with Crippen molar-refractivity contribution in [2.45, 2.75) is 6.54 Å². The molecule has 0 spiro atoms. The van der Waals surface area contributed by atoms with Gasteiger partial charge in [-0.25, -0.2) is 0 Å². The third kappa shape index (κ3) is 2.69. The first kappa shape index (κ1) is 12.0. The van der Waals surface area contributed by atoms with E-state index in [4.69, 9.17) is 4.52 Å². The second-order valence-electron chi connectivity index (χ2n) is 3.63. The van der Waals surface area contributed by atoms with Gasteiger partial charge in [-0.15, -0.1) is 16.4 Å². The molecule has 0 bridgehead atoms. The minimum absolute atomic E-state index is 0.256. The summed E-state index contributed by atoms with van der Waals surface area (Å²) in [4.78, 5) is 12.8. The predicted molar refractivity (Wildman–Crippen MR) is 70.9 cm³/mol. The van der Waals surface area contributed by atoms with Crippen molar-refractivity contribution in [1.82, 2.24) is 20.1 Å². The van der Waals surface area contributed by atoms with Crippen LogP contribution in [0, 0.1) is 0 Å². The van der Waals surface area contributed by atoms with Gasteiger partial charge in [0.25, 0.3) is 5.91 Å². The van der Waals surface area contributed by atoms with Crippen molar-refractivity contribution in [3.05, 3.63) is 40.3 Å². The average molecular weight is 292 g/mol. The molecule has 0 aliphatic rings. The number of rotatable bonds is 4. The Balaban J connectivity index is 1.67. The first-order valence-corrected chi connectivity index (χ1v) is 7.09. The van der Waals surface area contributed by atoms with E-state index in [9.17, 15) is 4.79 Å². The van der Waals surface area contributed by atoms with Gasteiger partial charge in [0.05, 0.1) is 17.1 Å². The van der Waals surface area contributed by atoms with Gasteiger partial charge in [-0.05, 0) is 23.0 Å². The van der Waals surface area contributed by atoms with Crippen LogP contribution in [0.3, 0.4) is 0 Å². The van der Waals surface area contributed by atoms with E-state index in [-0.39, 0.29) is 11.6 Å². The third-order valence-electron chi connectivity index (χ3n) is 2.34. The largest absolute Gasteiger partial charge is 0.355 e. The first-order chi connectivity index (χ1) is 9.33. The molecule has 96 valence electrons. The number of carbonyl (C=O) groups is 1. The number of thiophene rings is 1. The van der Waals surface area contributed by atoms with Crippen LogP contribution in [0.1, 0.15) is 16.2 Å². The molecule has 8 heteroatoms. The molecule has 0 unspecified atom stereocenters. The Hall–Kier alpha value is -2.06. The summed E-state index contributed by atoms with van der Waals surface area (Å²) in [6.07, 6.45) is 0. The Bertz CT molecular complexity index is 661. The Labute approximate surface area is 116 Å². The van der Waals surface area contributed by atoms with Crippen molar-refractivity contribution in [2.75, 3.05) is 0 Å². The maximum absolute atomic E-state index is 11.8. The van der Waals surface area contributed by atoms with Crippen molar-refractivity contribution in [3.63, 3.8) is 0 Å². The molecule has 3 rings (SSSR count). The first-order valence-electron chi connectivity index (χ1n) is 5.37. The lowest BCUT2D eigenvalue weighted by atomic mass is 10.3. The standard InChI is InChI=1S/C11H8N4O2S2/c16-11(12-5-7-6-19-15-13-7)8-4-9(17-14-8)10-2-1-3-18-10/h1-4,6H,5H2,(H,12,16). The monoisotopic (exact) mass is 292 g/mol. The summed E-state index contributed by atoms with van der Waals surface area (Å²) in [5.41, 5.74) is 0.979. The quantitative estimate of drug-likeness (QED) is 0.797. The molecular weight excluding hydrogens is 284 g/mol. The van der Waals surface area contributed by atoms with Crippen LogP contribution in [-0.2, 0) is 6.54 Å². The molecule has 3 aromatic heterocycles. The molecule has 0 fully saturated rings. The van der Waals surface area contributed by atoms with Gasteiger partial charge in [0.1, 0.15) is 0 Å². The molecular formula is C11H8N4O2S2. The fourth-order valence-electron chi connectivity index (χ4n) is 1.44. The average Bonchev–Trinajstić information content (AvgIpc) is 3.14. The van der Waals surface area contributed by atoms with Crippen LogP contribution >= 0.6 is 22.9 Å². The van der Waals surface area contributed by atoms with E-state index in [1.54, 1.807) is 11.4 Å². The van der Waals surface area contributed by atoms with Crippen molar-refractivity contribution in [2.24, 2.45) is 0 Å². The minimum Gasteiger partial charge on any atom is -0.355 e. The fraction of sp³-hybridized carbons (Fsp3) is 0.0909. The maximum Gasteiger partial charge on any atom is 0.273 e. The van der Waals surface area contributed by atoms with E-state index < -0.39 is 0 Å². The van der Waals surface area contributed by atoms with Gasteiger partial charge < -0.3 is 9.84 Å². The molecule has 0 saturated heterocycles. The zero-order valence-corrected chi connectivity index (χ0v) is 11.2. The highest BCUT2D eigenvalue weighted by Crippen LogP contribution is 2.24. The van der Waals surface area contributed by atoms with Crippen LogP contribution in [0.2, 0.25) is 0 Å². The Morgan fingerprint density at radius 1 is 1.47 bits per heavy atom. The summed E-state index contributed by atoms with van der Waals surface area (Å²) in [6, 6.07) is 5.45. The summed E-state index contributed by atoms with van der Waals surface area (Å²) < 4.78 is 8.86. The Kier molecular flexibility index (Phi) is 3.34. The summed E-state index contributed by atoms with van der Waals surface area (Å²) in [7, 11) is 0. The van der Waals surface area contributed by atoms with Crippen molar-refractivity contribution in [3.8, 4) is 10.6 Å². The SMILES string of the molecule is O=C(NCc1csnn1)c1cc(-c2cccs2)on1. The van der Waals surface area contributed by atoms with Gasteiger partial charge >= 0.3 is 0 Å². The predicted octanol–water partition coefficient (Wildman–Crippen LogP) is 2.18. The molecule has 0 atom stereocenters. The lowest BCUT2D eigenvalue weighted by Gasteiger charge is -1.97. The highest BCUT2D eigenvalue weighted by Gasteiger charge is 2.14. The molecule has 1 amide bonds. The molecule has 19 heavy (non-hydrogen) atoms. The molecule has 3 heterocycles. The van der Waals surface area contributed by atoms with E-state index in [1.807, 2.05) is 17.5 Å². The zero-order chi connectivity index (χ0) is 13.1. The summed E-state index contributed by atoms with van der Waals surface area (Å²) >= 11 is 2.77. The normalized spacial score (nSPS) is 10.5. The smallest absolute Gasteiger partial charge is 0.273 e. The number of aromatic nitrogens is 3. The second kappa shape index (κ2) is 5.29. The molecule has 0 aliphatic carbocycles. The van der Waals surface area contributed by atoms with Gasteiger partial charge in [-0.2, -0.15) is 0 Å². The van der Waals surface area contributed by atoms with Crippen LogP contribution in [-0.4, -0.2) is 20.7 Å². The fourth-order valence-corrected chi connectivity index (χ4v) is 2.56. The highest BCUT2D eigenvalue weighted by molar-refractivity contribution is 7.13. The summed E-state index contributed by atoms with van der Waals surface area (Å²) in [6.45, 7) is 0.330. The lowest BCUT2D eigenvalue weighted by molar-refractivity contribution is 0.0941. The summed E-state index contributed by atoms with van der Waals surface area (Å²) in [5, 5.41) is 14.0. The van der Waals surface area contributed by atoms with Gasteiger partial charge in [0.15, 0.2) is 11.5 Å². The van der Waals surface area contributed by atoms with Gasteiger partial charge in [-0.3, -0.25) is 4.79 Å². The topological polar surface area (TPSA) is 80.9 Å². The molecule has 0 saturated carbocycles. The van der Waals surface area contributed by atoms with Crippen molar-refractivity contribution >= 4 is 28.8 Å². The highest BCUT2D eigenvalue weighted by atomic mass is 32.1. The van der Waals surface area contributed by atoms with E-state index in [0.717, 1.165) is 10.6 Å². The molecule has 0 aliphatic heterocycles. The number of nitrogens with zero attached hydrogens (tertiary/aromatic N) is 3. The van der Waals surface area contributed by atoms with E-state index in [1.165, 1.54) is 22.9 Å². The molecule has 6 nitrogen and oxygen atoms in total. The molecule has 0 aromatic carbocycles. The van der Waals surface area contributed by atoms with E-state index >= 15 is 0 Å². The summed E-state index contributed by atoms with van der Waals surface area (Å²) in [5.74, 6) is 0.301. The molecule has 3 aromatic rings. The number of amides is 1. The zero-order valence-electron chi connectivity index (χ0n) is 9.57. The third-order valence-corrected chi connectivity index (χ3v) is 3.78. The van der Waals surface area contributed by atoms with Crippen LogP contribution in [0.5, 0.6) is 0 Å². The minimum atomic E-state index is -0.292. The maximum atomic E-state index is 11.8. The Morgan fingerprint density at radius 3 is 3.16 bits per heavy atom. The van der Waals surface area contributed by atoms with Crippen molar-refractivity contribution < 1.29 is 9.32 Å². The van der Waals surface area contributed by atoms with Gasteiger partial charge in [-0.1, -0.05) is 15.7 Å². The van der Waals surface area contributed by atoms with Crippen LogP contribution in [0.25, 0.3) is 10.6 Å². The Morgan fingerprint density at radius 2 is 2.42 bits per heavy atom. The second-order valence-corrected chi connectivity index (χ2v) is 5.19. The number of hydrogen-bond acceptors (Lipinski definition) is 7.